The zero-order valence-electron chi connectivity index (χ0n) is 22.7. The third-order valence-corrected chi connectivity index (χ3v) is 10.1. The molecule has 0 aliphatic heterocycles. The van der Waals surface area contributed by atoms with E-state index in [0.29, 0.717) is 0 Å². The van der Waals surface area contributed by atoms with E-state index in [0.717, 1.165) is 30.9 Å². The number of rotatable bonds is 10. The van der Waals surface area contributed by atoms with Crippen LogP contribution in [0.1, 0.15) is 22.3 Å². The number of anilines is 2. The molecule has 1 aromatic heterocycles. The summed E-state index contributed by atoms with van der Waals surface area (Å²) in [6, 6.07) is 34.4. The summed E-state index contributed by atoms with van der Waals surface area (Å²) in [5, 5.41) is 0. The first kappa shape index (κ1) is 28.2. The molecule has 0 spiro atoms. The summed E-state index contributed by atoms with van der Waals surface area (Å²) in [6.07, 6.45) is 0. The first-order valence-electron chi connectivity index (χ1n) is 13.0. The van der Waals surface area contributed by atoms with Crippen LogP contribution in [-0.2, 0) is 33.1 Å². The zero-order chi connectivity index (χ0) is 29.0. The predicted molar refractivity (Wildman–Crippen MR) is 161 cm³/mol. The van der Waals surface area contributed by atoms with Crippen LogP contribution in [0, 0.1) is 13.8 Å². The fourth-order valence-corrected chi connectivity index (χ4v) is 7.10. The summed E-state index contributed by atoms with van der Waals surface area (Å²) in [4.78, 5) is 0.204. The average Bonchev–Trinajstić information content (AvgIpc) is 3.45. The molecule has 210 valence electrons. The van der Waals surface area contributed by atoms with Crippen LogP contribution in [-0.4, -0.2) is 16.8 Å². The molecule has 5 rings (SSSR count). The number of furan rings is 1. The molecule has 0 amide bonds. The summed E-state index contributed by atoms with van der Waals surface area (Å²) in [7, 11) is -8.12. The Balaban J connectivity index is 1.59. The zero-order valence-corrected chi connectivity index (χ0v) is 24.3. The molecule has 0 aliphatic rings. The highest BCUT2D eigenvalue weighted by molar-refractivity contribution is 7.93. The maximum atomic E-state index is 13.9. The lowest BCUT2D eigenvalue weighted by atomic mass is 10.2. The van der Waals surface area contributed by atoms with Crippen molar-refractivity contribution >= 4 is 31.8 Å². The third kappa shape index (κ3) is 6.21. The maximum absolute atomic E-state index is 13.9. The number of aryl methyl sites for hydroxylation is 2. The van der Waals surface area contributed by atoms with E-state index < -0.39 is 20.0 Å². The molecular weight excluding hydrogens is 556 g/mol. The SMILES string of the molecule is Cc1ccc(S(=O)(=O)N(Cc2ccccc2)c2ccc(N(Cc3ccccc3)S(=O)(=O)c3ccc(C)cc3)o2)cc1. The molecule has 0 unspecified atom stereocenters. The van der Waals surface area contributed by atoms with Gasteiger partial charge in [0.15, 0.2) is 0 Å². The quantitative estimate of drug-likeness (QED) is 0.182. The Bertz CT molecular complexity index is 1680. The minimum Gasteiger partial charge on any atom is -0.423 e. The summed E-state index contributed by atoms with van der Waals surface area (Å²) in [6.45, 7) is 3.75. The highest BCUT2D eigenvalue weighted by atomic mass is 32.2. The van der Waals surface area contributed by atoms with Crippen LogP contribution in [0.5, 0.6) is 0 Å². The van der Waals surface area contributed by atoms with Gasteiger partial charge in [-0.05, 0) is 49.2 Å². The first-order valence-corrected chi connectivity index (χ1v) is 15.9. The molecule has 7 nitrogen and oxygen atoms in total. The highest BCUT2D eigenvalue weighted by Crippen LogP contribution is 2.34. The van der Waals surface area contributed by atoms with Gasteiger partial charge in [-0.3, -0.25) is 0 Å². The van der Waals surface area contributed by atoms with E-state index in [-0.39, 0.29) is 34.6 Å². The summed E-state index contributed by atoms with van der Waals surface area (Å²) in [5.41, 5.74) is 3.34. The Kier molecular flexibility index (Phi) is 8.01. The predicted octanol–water partition coefficient (Wildman–Crippen LogP) is 6.69. The van der Waals surface area contributed by atoms with Crippen LogP contribution < -0.4 is 8.61 Å². The van der Waals surface area contributed by atoms with Crippen molar-refractivity contribution in [1.82, 2.24) is 0 Å². The Morgan fingerprint density at radius 1 is 0.488 bits per heavy atom. The van der Waals surface area contributed by atoms with Gasteiger partial charge < -0.3 is 4.42 Å². The van der Waals surface area contributed by atoms with Gasteiger partial charge in [0.1, 0.15) is 0 Å². The van der Waals surface area contributed by atoms with Crippen molar-refractivity contribution in [3.05, 3.63) is 144 Å². The molecule has 9 heteroatoms. The van der Waals surface area contributed by atoms with Crippen LogP contribution >= 0.6 is 0 Å². The molecule has 4 aromatic carbocycles. The van der Waals surface area contributed by atoms with E-state index >= 15 is 0 Å². The molecule has 0 radical (unpaired) electrons. The molecule has 0 fully saturated rings. The summed E-state index contributed by atoms with van der Waals surface area (Å²) >= 11 is 0. The lowest BCUT2D eigenvalue weighted by molar-refractivity contribution is 0.541. The molecule has 41 heavy (non-hydrogen) atoms. The van der Waals surface area contributed by atoms with Crippen molar-refractivity contribution in [3.8, 4) is 0 Å². The van der Waals surface area contributed by atoms with Crippen LogP contribution in [0.2, 0.25) is 0 Å². The fraction of sp³-hybridized carbons (Fsp3) is 0.125. The Hall–Kier alpha value is -4.34. The maximum Gasteiger partial charge on any atom is 0.266 e. The Morgan fingerprint density at radius 3 is 1.17 bits per heavy atom. The average molecular weight is 587 g/mol. The lowest BCUT2D eigenvalue weighted by Crippen LogP contribution is -2.31. The van der Waals surface area contributed by atoms with Crippen molar-refractivity contribution < 1.29 is 21.3 Å². The molecule has 0 atom stereocenters. The van der Waals surface area contributed by atoms with Gasteiger partial charge in [0.25, 0.3) is 20.0 Å². The molecule has 0 N–H and O–H groups in total. The fourth-order valence-electron chi connectivity index (χ4n) is 4.32. The van der Waals surface area contributed by atoms with E-state index in [1.807, 2.05) is 74.5 Å². The molecule has 0 saturated heterocycles. The second-order valence-corrected chi connectivity index (χ2v) is 13.5. The third-order valence-electron chi connectivity index (χ3n) is 6.63. The molecule has 5 aromatic rings. The largest absolute Gasteiger partial charge is 0.423 e. The van der Waals surface area contributed by atoms with Gasteiger partial charge in [-0.15, -0.1) is 0 Å². The van der Waals surface area contributed by atoms with Crippen LogP contribution in [0.25, 0.3) is 0 Å². The van der Waals surface area contributed by atoms with Gasteiger partial charge in [-0.1, -0.05) is 96.1 Å². The molecule has 0 saturated carbocycles. The van der Waals surface area contributed by atoms with Gasteiger partial charge in [-0.25, -0.2) is 25.4 Å². The van der Waals surface area contributed by atoms with Crippen molar-refractivity contribution in [1.29, 1.82) is 0 Å². The van der Waals surface area contributed by atoms with Crippen LogP contribution in [0.4, 0.5) is 11.8 Å². The van der Waals surface area contributed by atoms with Gasteiger partial charge in [0.2, 0.25) is 11.8 Å². The van der Waals surface area contributed by atoms with Crippen LogP contribution in [0.3, 0.4) is 0 Å². The topological polar surface area (TPSA) is 87.9 Å². The van der Waals surface area contributed by atoms with Gasteiger partial charge in [0.05, 0.1) is 22.9 Å². The summed E-state index contributed by atoms with van der Waals surface area (Å²) < 4.78 is 64.0. The van der Waals surface area contributed by atoms with E-state index in [1.165, 1.54) is 12.1 Å². The monoisotopic (exact) mass is 586 g/mol. The van der Waals surface area contributed by atoms with Crippen molar-refractivity contribution in [2.45, 2.75) is 36.7 Å². The second kappa shape index (κ2) is 11.6. The molecule has 1 heterocycles. The van der Waals surface area contributed by atoms with E-state index in [2.05, 4.69) is 0 Å². The normalized spacial score (nSPS) is 11.8. The smallest absolute Gasteiger partial charge is 0.266 e. The second-order valence-electron chi connectivity index (χ2n) is 9.73. The van der Waals surface area contributed by atoms with E-state index in [4.69, 9.17) is 4.42 Å². The van der Waals surface area contributed by atoms with Crippen LogP contribution in [0.15, 0.2) is 136 Å². The minimum atomic E-state index is -4.06. The van der Waals surface area contributed by atoms with Crippen molar-refractivity contribution in [2.75, 3.05) is 8.61 Å². The number of sulfonamides is 2. The minimum absolute atomic E-state index is 0.00148. The lowest BCUT2D eigenvalue weighted by Gasteiger charge is -2.24. The van der Waals surface area contributed by atoms with Crippen molar-refractivity contribution in [2.24, 2.45) is 0 Å². The van der Waals surface area contributed by atoms with E-state index in [1.54, 1.807) is 48.5 Å². The first-order chi connectivity index (χ1) is 19.6. The summed E-state index contributed by atoms with van der Waals surface area (Å²) in [5.74, 6) is 0.00296. The number of hydrogen-bond acceptors (Lipinski definition) is 5. The van der Waals surface area contributed by atoms with Gasteiger partial charge in [-0.2, -0.15) is 0 Å². The molecular formula is C32H30N2O5S2. The van der Waals surface area contributed by atoms with Gasteiger partial charge >= 0.3 is 0 Å². The number of benzene rings is 4. The van der Waals surface area contributed by atoms with Crippen molar-refractivity contribution in [3.63, 3.8) is 0 Å². The number of nitrogens with zero attached hydrogens (tertiary/aromatic N) is 2. The van der Waals surface area contributed by atoms with Gasteiger partial charge in [0, 0.05) is 12.1 Å². The highest BCUT2D eigenvalue weighted by Gasteiger charge is 2.32. The Morgan fingerprint density at radius 2 is 0.829 bits per heavy atom. The molecule has 0 aliphatic carbocycles. The molecule has 0 bridgehead atoms. The standard InChI is InChI=1S/C32H30N2O5S2/c1-25-13-17-29(18-14-25)40(35,36)33(23-27-9-5-3-6-10-27)31-21-22-32(39-31)34(24-28-11-7-4-8-12-28)41(37,38)30-19-15-26(2)16-20-30/h3-22H,23-24H2,1-2H3. The Labute approximate surface area is 241 Å². The van der Waals surface area contributed by atoms with E-state index in [9.17, 15) is 16.8 Å². The number of hydrogen-bond donors (Lipinski definition) is 0.